The lowest BCUT2D eigenvalue weighted by atomic mass is 9.78. The number of aryl methyl sites for hydroxylation is 1. The average molecular weight is 418 g/mol. The number of methoxy groups -OCH3 is 2. The van der Waals surface area contributed by atoms with Gasteiger partial charge in [0, 0.05) is 37.9 Å². The number of nitrogens with one attached hydrogen (secondary N) is 1. The Morgan fingerprint density at radius 1 is 1.23 bits per heavy atom. The molecule has 1 aliphatic rings. The molecule has 0 amide bonds. The maximum atomic E-state index is 15.3. The largest absolute Gasteiger partial charge is 0.496 e. The molecule has 1 heterocycles. The van der Waals surface area contributed by atoms with Crippen molar-refractivity contribution in [3.05, 3.63) is 53.3 Å². The Bertz CT molecular complexity index is 838. The number of aliphatic hydroxyl groups is 1. The highest BCUT2D eigenvalue weighted by Gasteiger charge is 2.44. The van der Waals surface area contributed by atoms with Crippen LogP contribution in [0, 0.1) is 12.7 Å². The predicted octanol–water partition coefficient (Wildman–Crippen LogP) is 3.80. The summed E-state index contributed by atoms with van der Waals surface area (Å²) in [6, 6.07) is 10.6. The van der Waals surface area contributed by atoms with E-state index in [4.69, 9.17) is 14.2 Å². The number of benzene rings is 2. The van der Waals surface area contributed by atoms with E-state index in [9.17, 15) is 5.11 Å². The SMILES string of the molecule is COCCCCC(O)(c1c(OC)ccc(F)c1-c1cccc(C)c1)[C@H]1CNCCO1. The molecular formula is C24H32FNO4. The third-order valence-electron chi connectivity index (χ3n) is 5.69. The predicted molar refractivity (Wildman–Crippen MR) is 115 cm³/mol. The van der Waals surface area contributed by atoms with Gasteiger partial charge in [-0.15, -0.1) is 0 Å². The van der Waals surface area contributed by atoms with Crippen LogP contribution in [0.3, 0.4) is 0 Å². The van der Waals surface area contributed by atoms with Gasteiger partial charge >= 0.3 is 0 Å². The van der Waals surface area contributed by atoms with Gasteiger partial charge < -0.3 is 24.6 Å². The molecule has 30 heavy (non-hydrogen) atoms. The summed E-state index contributed by atoms with van der Waals surface area (Å²) >= 11 is 0. The molecule has 0 radical (unpaired) electrons. The van der Waals surface area contributed by atoms with Gasteiger partial charge in [-0.2, -0.15) is 0 Å². The van der Waals surface area contributed by atoms with Crippen molar-refractivity contribution in [2.45, 2.75) is 37.9 Å². The van der Waals surface area contributed by atoms with E-state index in [-0.39, 0.29) is 0 Å². The van der Waals surface area contributed by atoms with Gasteiger partial charge in [0.05, 0.1) is 13.7 Å². The smallest absolute Gasteiger partial charge is 0.131 e. The highest BCUT2D eigenvalue weighted by molar-refractivity contribution is 5.73. The number of morpholine rings is 1. The second kappa shape index (κ2) is 10.4. The van der Waals surface area contributed by atoms with Gasteiger partial charge in [-0.3, -0.25) is 0 Å². The van der Waals surface area contributed by atoms with Crippen LogP contribution in [-0.4, -0.2) is 51.7 Å². The van der Waals surface area contributed by atoms with E-state index in [1.54, 1.807) is 20.3 Å². The lowest BCUT2D eigenvalue weighted by Crippen LogP contribution is -2.52. The molecule has 1 saturated heterocycles. The Morgan fingerprint density at radius 3 is 2.73 bits per heavy atom. The van der Waals surface area contributed by atoms with E-state index in [1.807, 2.05) is 31.2 Å². The second-order valence-electron chi connectivity index (χ2n) is 7.81. The van der Waals surface area contributed by atoms with Crippen molar-refractivity contribution in [1.82, 2.24) is 5.32 Å². The molecule has 164 valence electrons. The van der Waals surface area contributed by atoms with Crippen molar-refractivity contribution in [3.63, 3.8) is 0 Å². The third kappa shape index (κ3) is 4.83. The Morgan fingerprint density at radius 2 is 2.07 bits per heavy atom. The minimum absolute atomic E-state index is 0.362. The van der Waals surface area contributed by atoms with Crippen molar-refractivity contribution < 1.29 is 23.7 Å². The zero-order valence-corrected chi connectivity index (χ0v) is 18.0. The Hall–Kier alpha value is -1.99. The molecule has 2 atom stereocenters. The molecule has 1 aliphatic heterocycles. The van der Waals surface area contributed by atoms with Crippen LogP contribution in [0.4, 0.5) is 4.39 Å². The monoisotopic (exact) mass is 417 g/mol. The van der Waals surface area contributed by atoms with Crippen molar-refractivity contribution in [3.8, 4) is 16.9 Å². The van der Waals surface area contributed by atoms with Gasteiger partial charge in [0.15, 0.2) is 0 Å². The van der Waals surface area contributed by atoms with Gasteiger partial charge in [-0.05, 0) is 43.9 Å². The summed E-state index contributed by atoms with van der Waals surface area (Å²) in [5.74, 6) is 0.0619. The molecule has 5 nitrogen and oxygen atoms in total. The summed E-state index contributed by atoms with van der Waals surface area (Å²) < 4.78 is 32.1. The molecule has 2 N–H and O–H groups in total. The number of hydrogen-bond acceptors (Lipinski definition) is 5. The van der Waals surface area contributed by atoms with Crippen LogP contribution in [0.5, 0.6) is 5.75 Å². The Kier molecular flexibility index (Phi) is 7.83. The van der Waals surface area contributed by atoms with Crippen molar-refractivity contribution in [1.29, 1.82) is 0 Å². The van der Waals surface area contributed by atoms with Gasteiger partial charge in [0.2, 0.25) is 0 Å². The molecule has 1 fully saturated rings. The average Bonchev–Trinajstić information content (AvgIpc) is 2.77. The molecule has 0 aromatic heterocycles. The Balaban J connectivity index is 2.16. The van der Waals surface area contributed by atoms with Crippen molar-refractivity contribution in [2.24, 2.45) is 0 Å². The fourth-order valence-corrected chi connectivity index (χ4v) is 4.20. The van der Waals surface area contributed by atoms with Crippen molar-refractivity contribution >= 4 is 0 Å². The topological polar surface area (TPSA) is 60.0 Å². The lowest BCUT2D eigenvalue weighted by Gasteiger charge is -2.40. The number of ether oxygens (including phenoxy) is 3. The summed E-state index contributed by atoms with van der Waals surface area (Å²) in [7, 11) is 3.20. The minimum atomic E-state index is -1.42. The second-order valence-corrected chi connectivity index (χ2v) is 7.81. The summed E-state index contributed by atoms with van der Waals surface area (Å²) in [6.45, 7) is 4.26. The fourth-order valence-electron chi connectivity index (χ4n) is 4.20. The number of hydrogen-bond donors (Lipinski definition) is 2. The zero-order valence-electron chi connectivity index (χ0n) is 18.0. The first kappa shape index (κ1) is 22.7. The summed E-state index contributed by atoms with van der Waals surface area (Å²) in [4.78, 5) is 0. The molecule has 0 spiro atoms. The molecule has 0 aliphatic carbocycles. The first-order chi connectivity index (χ1) is 14.5. The van der Waals surface area contributed by atoms with Gasteiger partial charge in [-0.25, -0.2) is 4.39 Å². The first-order valence-corrected chi connectivity index (χ1v) is 10.5. The van der Waals surface area contributed by atoms with E-state index in [0.717, 1.165) is 18.5 Å². The maximum Gasteiger partial charge on any atom is 0.131 e. The van der Waals surface area contributed by atoms with E-state index in [1.165, 1.54) is 6.07 Å². The van der Waals surface area contributed by atoms with E-state index in [2.05, 4.69) is 5.32 Å². The quantitative estimate of drug-likeness (QED) is 0.608. The molecule has 1 unspecified atom stereocenters. The molecule has 3 rings (SSSR count). The third-order valence-corrected chi connectivity index (χ3v) is 5.69. The molecule has 6 heteroatoms. The Labute approximate surface area is 178 Å². The van der Waals surface area contributed by atoms with Gasteiger partial charge in [0.25, 0.3) is 0 Å². The van der Waals surface area contributed by atoms with Crippen LogP contribution in [0.2, 0.25) is 0 Å². The summed E-state index contributed by atoms with van der Waals surface area (Å²) in [5, 5.41) is 15.4. The van der Waals surface area contributed by atoms with E-state index in [0.29, 0.717) is 55.0 Å². The summed E-state index contributed by atoms with van der Waals surface area (Å²) in [6.07, 6.45) is 1.38. The number of unbranched alkanes of at least 4 members (excludes halogenated alkanes) is 1. The van der Waals surface area contributed by atoms with Gasteiger partial charge in [0.1, 0.15) is 23.3 Å². The van der Waals surface area contributed by atoms with Gasteiger partial charge in [-0.1, -0.05) is 29.8 Å². The minimum Gasteiger partial charge on any atom is -0.496 e. The molecule has 2 aromatic rings. The van der Waals surface area contributed by atoms with E-state index < -0.39 is 17.5 Å². The van der Waals surface area contributed by atoms with Crippen LogP contribution in [0.25, 0.3) is 11.1 Å². The standard InChI is InChI=1S/C24H32FNO4/c1-17-7-6-8-18(15-17)22-19(25)9-10-20(29-3)23(22)24(27,11-4-5-13-28-2)21-16-26-12-14-30-21/h6-10,15,21,26-27H,4-5,11-14,16H2,1-3H3/t21-,24?/m1/s1. The fraction of sp³-hybridized carbons (Fsp3) is 0.500. The zero-order chi connectivity index (χ0) is 21.6. The summed E-state index contributed by atoms with van der Waals surface area (Å²) in [5.41, 5.74) is 1.11. The van der Waals surface area contributed by atoms with Crippen LogP contribution < -0.4 is 10.1 Å². The van der Waals surface area contributed by atoms with E-state index >= 15 is 4.39 Å². The molecular weight excluding hydrogens is 385 g/mol. The highest BCUT2D eigenvalue weighted by atomic mass is 19.1. The molecule has 2 aromatic carbocycles. The van der Waals surface area contributed by atoms with Crippen LogP contribution >= 0.6 is 0 Å². The van der Waals surface area contributed by atoms with Crippen LogP contribution in [-0.2, 0) is 15.1 Å². The maximum absolute atomic E-state index is 15.3. The highest BCUT2D eigenvalue weighted by Crippen LogP contribution is 2.45. The number of rotatable bonds is 9. The molecule has 0 bridgehead atoms. The normalized spacial score (nSPS) is 18.8. The van der Waals surface area contributed by atoms with Crippen molar-refractivity contribution in [2.75, 3.05) is 40.5 Å². The van der Waals surface area contributed by atoms with Crippen LogP contribution in [0.15, 0.2) is 36.4 Å². The van der Waals surface area contributed by atoms with Crippen LogP contribution in [0.1, 0.15) is 30.4 Å². The first-order valence-electron chi connectivity index (χ1n) is 10.5. The number of halogens is 1. The molecule has 0 saturated carbocycles. The lowest BCUT2D eigenvalue weighted by molar-refractivity contribution is -0.130.